The lowest BCUT2D eigenvalue weighted by molar-refractivity contribution is 0.0935. The van der Waals surface area contributed by atoms with Crippen molar-refractivity contribution in [1.29, 1.82) is 0 Å². The summed E-state index contributed by atoms with van der Waals surface area (Å²) in [5.41, 5.74) is 5.79. The predicted octanol–water partition coefficient (Wildman–Crippen LogP) is 5.09. The minimum Gasteiger partial charge on any atom is -0.497 e. The molecule has 0 saturated heterocycles. The highest BCUT2D eigenvalue weighted by Gasteiger charge is 2.28. The number of aliphatic hydroxyl groups excluding tert-OH is 1. The number of carbonyl (C=O) groups is 1. The SMILES string of the molecule is COc1ccc2c(c1)CCC(Cc1ccc(C(=O)Nc3ccccc3C)cc1)C2O. The van der Waals surface area contributed by atoms with Crippen molar-refractivity contribution < 1.29 is 14.6 Å². The number of nitrogens with one attached hydrogen (secondary N) is 1. The van der Waals surface area contributed by atoms with Crippen LogP contribution in [0.25, 0.3) is 0 Å². The second-order valence-electron chi connectivity index (χ2n) is 7.98. The van der Waals surface area contributed by atoms with Crippen molar-refractivity contribution in [2.45, 2.75) is 32.3 Å². The van der Waals surface area contributed by atoms with Crippen molar-refractivity contribution in [2.24, 2.45) is 5.92 Å². The summed E-state index contributed by atoms with van der Waals surface area (Å²) in [4.78, 5) is 12.5. The van der Waals surface area contributed by atoms with E-state index in [1.807, 2.05) is 73.7 Å². The van der Waals surface area contributed by atoms with Gasteiger partial charge in [0.05, 0.1) is 13.2 Å². The molecular weight excluding hydrogens is 374 g/mol. The smallest absolute Gasteiger partial charge is 0.255 e. The maximum absolute atomic E-state index is 12.5. The molecule has 3 aromatic rings. The molecule has 1 aliphatic rings. The van der Waals surface area contributed by atoms with Gasteiger partial charge in [-0.05, 0) is 84.7 Å². The zero-order valence-electron chi connectivity index (χ0n) is 17.4. The average molecular weight is 402 g/mol. The molecule has 30 heavy (non-hydrogen) atoms. The Morgan fingerprint density at radius 2 is 1.87 bits per heavy atom. The van der Waals surface area contributed by atoms with Crippen LogP contribution in [0.3, 0.4) is 0 Å². The average Bonchev–Trinajstić information content (AvgIpc) is 2.77. The van der Waals surface area contributed by atoms with Gasteiger partial charge in [-0.25, -0.2) is 0 Å². The number of carbonyl (C=O) groups excluding carboxylic acids is 1. The van der Waals surface area contributed by atoms with Crippen LogP contribution in [0.2, 0.25) is 0 Å². The summed E-state index contributed by atoms with van der Waals surface area (Å²) in [6.45, 7) is 1.97. The van der Waals surface area contributed by atoms with E-state index in [0.717, 1.165) is 47.4 Å². The number of benzene rings is 3. The molecule has 2 atom stereocenters. The van der Waals surface area contributed by atoms with Gasteiger partial charge in [-0.15, -0.1) is 0 Å². The molecule has 2 unspecified atom stereocenters. The minimum atomic E-state index is -0.483. The molecule has 0 fully saturated rings. The second kappa shape index (κ2) is 8.72. The number of hydrogen-bond acceptors (Lipinski definition) is 3. The van der Waals surface area contributed by atoms with Crippen LogP contribution in [0.5, 0.6) is 5.75 Å². The number of para-hydroxylation sites is 1. The van der Waals surface area contributed by atoms with Crippen molar-refractivity contribution in [3.8, 4) is 5.75 Å². The van der Waals surface area contributed by atoms with Crippen LogP contribution >= 0.6 is 0 Å². The summed E-state index contributed by atoms with van der Waals surface area (Å²) in [6.07, 6.45) is 2.16. The first-order chi connectivity index (χ1) is 14.5. The van der Waals surface area contributed by atoms with Gasteiger partial charge in [0.1, 0.15) is 5.75 Å². The highest BCUT2D eigenvalue weighted by atomic mass is 16.5. The van der Waals surface area contributed by atoms with Crippen LogP contribution in [-0.2, 0) is 12.8 Å². The predicted molar refractivity (Wildman–Crippen MR) is 119 cm³/mol. The number of ether oxygens (including phenoxy) is 1. The first-order valence-electron chi connectivity index (χ1n) is 10.4. The maximum atomic E-state index is 12.5. The molecule has 0 saturated carbocycles. The van der Waals surface area contributed by atoms with Gasteiger partial charge < -0.3 is 15.2 Å². The van der Waals surface area contributed by atoms with Crippen LogP contribution in [0.4, 0.5) is 5.69 Å². The number of aliphatic hydroxyl groups is 1. The first-order valence-corrected chi connectivity index (χ1v) is 10.4. The third-order valence-electron chi connectivity index (χ3n) is 6.01. The van der Waals surface area contributed by atoms with Crippen molar-refractivity contribution >= 4 is 11.6 Å². The molecule has 0 heterocycles. The van der Waals surface area contributed by atoms with Crippen molar-refractivity contribution in [3.63, 3.8) is 0 Å². The number of hydrogen-bond donors (Lipinski definition) is 2. The van der Waals surface area contributed by atoms with Crippen molar-refractivity contribution in [3.05, 3.63) is 94.5 Å². The van der Waals surface area contributed by atoms with E-state index in [0.29, 0.717) is 5.56 Å². The highest BCUT2D eigenvalue weighted by Crippen LogP contribution is 2.37. The number of aryl methyl sites for hydroxylation is 2. The van der Waals surface area contributed by atoms with E-state index in [2.05, 4.69) is 5.32 Å². The summed E-state index contributed by atoms with van der Waals surface area (Å²) < 4.78 is 5.30. The third kappa shape index (κ3) is 4.24. The number of methoxy groups -OCH3 is 1. The van der Waals surface area contributed by atoms with Gasteiger partial charge in [0.2, 0.25) is 0 Å². The van der Waals surface area contributed by atoms with Crippen LogP contribution in [0.1, 0.15) is 45.1 Å². The van der Waals surface area contributed by atoms with E-state index in [4.69, 9.17) is 4.74 Å². The minimum absolute atomic E-state index is 0.114. The molecular formula is C26H27NO3. The molecule has 0 bridgehead atoms. The van der Waals surface area contributed by atoms with Crippen LogP contribution < -0.4 is 10.1 Å². The topological polar surface area (TPSA) is 58.6 Å². The number of anilines is 1. The first kappa shape index (κ1) is 20.2. The fourth-order valence-corrected chi connectivity index (χ4v) is 4.18. The van der Waals surface area contributed by atoms with Gasteiger partial charge in [-0.1, -0.05) is 36.4 Å². The van der Waals surface area contributed by atoms with E-state index in [9.17, 15) is 9.90 Å². The molecule has 4 heteroatoms. The number of amides is 1. The number of fused-ring (bicyclic) bond motifs is 1. The summed E-state index contributed by atoms with van der Waals surface area (Å²) >= 11 is 0. The Morgan fingerprint density at radius 1 is 1.10 bits per heavy atom. The van der Waals surface area contributed by atoms with Crippen LogP contribution in [-0.4, -0.2) is 18.1 Å². The molecule has 1 amide bonds. The summed E-state index contributed by atoms with van der Waals surface area (Å²) in [5.74, 6) is 0.882. The molecule has 0 aromatic heterocycles. The second-order valence-corrected chi connectivity index (χ2v) is 7.98. The maximum Gasteiger partial charge on any atom is 0.255 e. The Morgan fingerprint density at radius 3 is 2.60 bits per heavy atom. The van der Waals surface area contributed by atoms with Crippen molar-refractivity contribution in [2.75, 3.05) is 12.4 Å². The largest absolute Gasteiger partial charge is 0.497 e. The van der Waals surface area contributed by atoms with E-state index >= 15 is 0 Å². The zero-order valence-corrected chi connectivity index (χ0v) is 17.4. The van der Waals surface area contributed by atoms with E-state index in [-0.39, 0.29) is 11.8 Å². The van der Waals surface area contributed by atoms with E-state index < -0.39 is 6.10 Å². The van der Waals surface area contributed by atoms with Gasteiger partial charge in [0.15, 0.2) is 0 Å². The van der Waals surface area contributed by atoms with E-state index in [1.165, 1.54) is 5.56 Å². The summed E-state index contributed by atoms with van der Waals surface area (Å²) in [6, 6.07) is 21.3. The summed E-state index contributed by atoms with van der Waals surface area (Å²) in [5, 5.41) is 13.8. The molecule has 0 aliphatic heterocycles. The van der Waals surface area contributed by atoms with Gasteiger partial charge >= 0.3 is 0 Å². The molecule has 154 valence electrons. The molecule has 4 rings (SSSR count). The lowest BCUT2D eigenvalue weighted by Gasteiger charge is -2.30. The fraction of sp³-hybridized carbons (Fsp3) is 0.269. The van der Waals surface area contributed by atoms with Gasteiger partial charge in [0.25, 0.3) is 5.91 Å². The highest BCUT2D eigenvalue weighted by molar-refractivity contribution is 6.04. The quantitative estimate of drug-likeness (QED) is 0.626. The Balaban J connectivity index is 1.42. The van der Waals surface area contributed by atoms with Gasteiger partial charge in [-0.3, -0.25) is 4.79 Å². The third-order valence-corrected chi connectivity index (χ3v) is 6.01. The van der Waals surface area contributed by atoms with Gasteiger partial charge in [0, 0.05) is 11.3 Å². The normalized spacial score (nSPS) is 17.8. The lowest BCUT2D eigenvalue weighted by atomic mass is 9.78. The van der Waals surface area contributed by atoms with Gasteiger partial charge in [-0.2, -0.15) is 0 Å². The fourth-order valence-electron chi connectivity index (χ4n) is 4.18. The Hall–Kier alpha value is -3.11. The van der Waals surface area contributed by atoms with Crippen LogP contribution in [0.15, 0.2) is 66.7 Å². The van der Waals surface area contributed by atoms with Crippen LogP contribution in [0, 0.1) is 12.8 Å². The van der Waals surface area contributed by atoms with Crippen molar-refractivity contribution in [1.82, 2.24) is 0 Å². The summed E-state index contributed by atoms with van der Waals surface area (Å²) in [7, 11) is 1.66. The molecule has 0 radical (unpaired) electrons. The van der Waals surface area contributed by atoms with E-state index in [1.54, 1.807) is 7.11 Å². The zero-order chi connectivity index (χ0) is 21.1. The molecule has 4 nitrogen and oxygen atoms in total. The number of rotatable bonds is 5. The standard InChI is InChI=1S/C26H27NO3/c1-17-5-3-4-6-24(17)27-26(29)19-9-7-18(8-10-19)15-21-12-11-20-16-22(30-2)13-14-23(20)25(21)28/h3-10,13-14,16,21,25,28H,11-12,15H2,1-2H3,(H,27,29). The molecule has 0 spiro atoms. The Bertz CT molecular complexity index is 1040. The Kier molecular flexibility index (Phi) is 5.86. The molecule has 3 aromatic carbocycles. The molecule has 1 aliphatic carbocycles. The molecule has 2 N–H and O–H groups in total. The lowest BCUT2D eigenvalue weighted by Crippen LogP contribution is -2.22. The monoisotopic (exact) mass is 401 g/mol. The Labute approximate surface area is 177 Å².